The molecule has 130 valence electrons. The van der Waals surface area contributed by atoms with Gasteiger partial charge >= 0.3 is 0 Å². The summed E-state index contributed by atoms with van der Waals surface area (Å²) in [5.41, 5.74) is 1.41. The molecular formula is C15H18Cl2FN5O. The highest BCUT2D eigenvalue weighted by Crippen LogP contribution is 2.20. The van der Waals surface area contributed by atoms with Gasteiger partial charge in [-0.05, 0) is 51.1 Å². The van der Waals surface area contributed by atoms with Crippen molar-refractivity contribution in [1.82, 2.24) is 25.6 Å². The molecule has 2 N–H and O–H groups in total. The Bertz CT molecular complexity index is 731. The fourth-order valence-corrected chi connectivity index (χ4v) is 2.80. The van der Waals surface area contributed by atoms with Gasteiger partial charge in [-0.25, -0.2) is 9.07 Å². The van der Waals surface area contributed by atoms with Crippen LogP contribution in [-0.2, 0) is 0 Å². The first kappa shape index (κ1) is 18.6. The van der Waals surface area contributed by atoms with Crippen LogP contribution in [0.1, 0.15) is 29.0 Å². The van der Waals surface area contributed by atoms with Crippen molar-refractivity contribution in [1.29, 1.82) is 0 Å². The molecule has 9 heteroatoms. The van der Waals surface area contributed by atoms with Gasteiger partial charge in [0, 0.05) is 6.04 Å². The van der Waals surface area contributed by atoms with Crippen molar-refractivity contribution in [2.75, 3.05) is 13.1 Å². The Balaban J connectivity index is 0.00000208. The summed E-state index contributed by atoms with van der Waals surface area (Å²) < 4.78 is 14.7. The predicted molar refractivity (Wildman–Crippen MR) is 91.7 cm³/mol. The number of benzene rings is 1. The van der Waals surface area contributed by atoms with Crippen LogP contribution in [0, 0.1) is 12.7 Å². The molecule has 1 aromatic carbocycles. The minimum Gasteiger partial charge on any atom is -0.348 e. The van der Waals surface area contributed by atoms with Gasteiger partial charge in [0.05, 0.1) is 16.4 Å². The van der Waals surface area contributed by atoms with Crippen LogP contribution in [0.5, 0.6) is 0 Å². The number of hydrogen-bond donors (Lipinski definition) is 2. The number of nitrogens with one attached hydrogen (secondary N) is 2. The standard InChI is InChI=1S/C15H17ClFN5O.ClH/c1-9-14(15(23)19-10-4-6-18-7-5-10)20-21-22(9)11-2-3-13(17)12(16)8-11;/h2-3,8,10,18H,4-7H2,1H3,(H,19,23);1H. The van der Waals surface area contributed by atoms with Crippen molar-refractivity contribution >= 4 is 29.9 Å². The summed E-state index contributed by atoms with van der Waals surface area (Å²) in [5, 5.41) is 14.2. The first-order chi connectivity index (χ1) is 11.1. The molecule has 0 bridgehead atoms. The SMILES string of the molecule is Cc1c(C(=O)NC2CCNCC2)nnn1-c1ccc(F)c(Cl)c1.Cl. The number of aromatic nitrogens is 3. The zero-order chi connectivity index (χ0) is 16.4. The number of rotatable bonds is 3. The maximum Gasteiger partial charge on any atom is 0.273 e. The minimum absolute atomic E-state index is 0. The first-order valence-corrected chi connectivity index (χ1v) is 7.83. The van der Waals surface area contributed by atoms with Crippen molar-refractivity contribution in [2.24, 2.45) is 0 Å². The molecule has 0 unspecified atom stereocenters. The van der Waals surface area contributed by atoms with E-state index in [-0.39, 0.29) is 35.1 Å². The zero-order valence-corrected chi connectivity index (χ0v) is 14.6. The lowest BCUT2D eigenvalue weighted by atomic mass is 10.1. The van der Waals surface area contributed by atoms with E-state index in [1.54, 1.807) is 6.92 Å². The molecule has 0 saturated carbocycles. The molecule has 0 spiro atoms. The van der Waals surface area contributed by atoms with Crippen LogP contribution in [0.25, 0.3) is 5.69 Å². The van der Waals surface area contributed by atoms with Gasteiger partial charge in [-0.2, -0.15) is 0 Å². The van der Waals surface area contributed by atoms with Crippen LogP contribution in [0.3, 0.4) is 0 Å². The lowest BCUT2D eigenvalue weighted by Gasteiger charge is -2.23. The topological polar surface area (TPSA) is 71.8 Å². The molecule has 0 radical (unpaired) electrons. The average molecular weight is 374 g/mol. The molecular weight excluding hydrogens is 356 g/mol. The minimum atomic E-state index is -0.503. The molecule has 3 rings (SSSR count). The third-order valence-electron chi connectivity index (χ3n) is 3.93. The Morgan fingerprint density at radius 3 is 2.79 bits per heavy atom. The van der Waals surface area contributed by atoms with E-state index in [1.807, 2.05) is 0 Å². The molecule has 2 heterocycles. The van der Waals surface area contributed by atoms with Crippen LogP contribution in [0.15, 0.2) is 18.2 Å². The number of amides is 1. The van der Waals surface area contributed by atoms with E-state index in [2.05, 4.69) is 20.9 Å². The average Bonchev–Trinajstić information content (AvgIpc) is 2.93. The first-order valence-electron chi connectivity index (χ1n) is 7.45. The summed E-state index contributed by atoms with van der Waals surface area (Å²) in [4.78, 5) is 12.4. The summed E-state index contributed by atoms with van der Waals surface area (Å²) in [5.74, 6) is -0.745. The third-order valence-corrected chi connectivity index (χ3v) is 4.22. The van der Waals surface area contributed by atoms with Crippen molar-refractivity contribution in [3.63, 3.8) is 0 Å². The van der Waals surface area contributed by atoms with E-state index >= 15 is 0 Å². The summed E-state index contributed by atoms with van der Waals surface area (Å²) >= 11 is 5.79. The van der Waals surface area contributed by atoms with Crippen molar-refractivity contribution in [2.45, 2.75) is 25.8 Å². The second-order valence-corrected chi connectivity index (χ2v) is 5.94. The van der Waals surface area contributed by atoms with Gasteiger partial charge in [-0.15, -0.1) is 17.5 Å². The second-order valence-electron chi connectivity index (χ2n) is 5.53. The molecule has 1 fully saturated rings. The van der Waals surface area contributed by atoms with E-state index in [0.29, 0.717) is 11.4 Å². The molecule has 2 aromatic rings. The zero-order valence-electron chi connectivity index (χ0n) is 13.1. The fourth-order valence-electron chi connectivity index (χ4n) is 2.62. The molecule has 1 saturated heterocycles. The van der Waals surface area contributed by atoms with Gasteiger partial charge in [0.1, 0.15) is 5.82 Å². The number of nitrogens with zero attached hydrogens (tertiary/aromatic N) is 3. The molecule has 0 atom stereocenters. The quantitative estimate of drug-likeness (QED) is 0.865. The molecule has 1 aliphatic rings. The maximum absolute atomic E-state index is 13.3. The second kappa shape index (κ2) is 7.92. The maximum atomic E-state index is 13.3. The third kappa shape index (κ3) is 3.85. The van der Waals surface area contributed by atoms with Crippen molar-refractivity contribution < 1.29 is 9.18 Å². The molecule has 24 heavy (non-hydrogen) atoms. The molecule has 1 aliphatic heterocycles. The summed E-state index contributed by atoms with van der Waals surface area (Å²) in [6.45, 7) is 3.53. The van der Waals surface area contributed by atoms with E-state index in [1.165, 1.54) is 22.9 Å². The van der Waals surface area contributed by atoms with E-state index < -0.39 is 5.82 Å². The van der Waals surface area contributed by atoms with Gasteiger partial charge in [-0.3, -0.25) is 4.79 Å². The molecule has 1 amide bonds. The predicted octanol–water partition coefficient (Wildman–Crippen LogP) is 2.27. The Morgan fingerprint density at radius 2 is 2.12 bits per heavy atom. The van der Waals surface area contributed by atoms with E-state index in [4.69, 9.17) is 11.6 Å². The highest BCUT2D eigenvalue weighted by atomic mass is 35.5. The highest BCUT2D eigenvalue weighted by Gasteiger charge is 2.21. The lowest BCUT2D eigenvalue weighted by Crippen LogP contribution is -2.43. The van der Waals surface area contributed by atoms with Crippen LogP contribution >= 0.6 is 24.0 Å². The number of halogens is 3. The Hall–Kier alpha value is -1.70. The summed E-state index contributed by atoms with van der Waals surface area (Å²) in [6.07, 6.45) is 1.79. The Morgan fingerprint density at radius 1 is 1.42 bits per heavy atom. The van der Waals surface area contributed by atoms with E-state index in [0.717, 1.165) is 25.9 Å². The van der Waals surface area contributed by atoms with Crippen LogP contribution in [-0.4, -0.2) is 40.0 Å². The molecule has 1 aromatic heterocycles. The van der Waals surface area contributed by atoms with Crippen molar-refractivity contribution in [3.8, 4) is 5.69 Å². The van der Waals surface area contributed by atoms with Gasteiger partial charge in [-0.1, -0.05) is 16.8 Å². The smallest absolute Gasteiger partial charge is 0.273 e. The summed E-state index contributed by atoms with van der Waals surface area (Å²) in [6, 6.07) is 4.39. The van der Waals surface area contributed by atoms with Crippen molar-refractivity contribution in [3.05, 3.63) is 40.4 Å². The molecule has 6 nitrogen and oxygen atoms in total. The van der Waals surface area contributed by atoms with Crippen LogP contribution < -0.4 is 10.6 Å². The Kier molecular flexibility index (Phi) is 6.15. The summed E-state index contributed by atoms with van der Waals surface area (Å²) in [7, 11) is 0. The monoisotopic (exact) mass is 373 g/mol. The van der Waals surface area contributed by atoms with Gasteiger partial charge < -0.3 is 10.6 Å². The van der Waals surface area contributed by atoms with E-state index in [9.17, 15) is 9.18 Å². The number of hydrogen-bond acceptors (Lipinski definition) is 4. The van der Waals surface area contributed by atoms with Gasteiger partial charge in [0.25, 0.3) is 5.91 Å². The van der Waals surface area contributed by atoms with Gasteiger partial charge in [0.2, 0.25) is 0 Å². The van der Waals surface area contributed by atoms with Crippen LogP contribution in [0.4, 0.5) is 4.39 Å². The number of carbonyl (C=O) groups is 1. The number of piperidine rings is 1. The Labute approximate surface area is 150 Å². The fraction of sp³-hybridized carbons (Fsp3) is 0.400. The highest BCUT2D eigenvalue weighted by molar-refractivity contribution is 6.30. The number of carbonyl (C=O) groups excluding carboxylic acids is 1. The largest absolute Gasteiger partial charge is 0.348 e. The molecule has 0 aliphatic carbocycles. The van der Waals surface area contributed by atoms with Crippen LogP contribution in [0.2, 0.25) is 5.02 Å². The lowest BCUT2D eigenvalue weighted by molar-refractivity contribution is 0.0923. The van der Waals surface area contributed by atoms with Gasteiger partial charge in [0.15, 0.2) is 5.69 Å². The normalized spacial score (nSPS) is 15.0.